The van der Waals surface area contributed by atoms with E-state index in [-0.39, 0.29) is 12.3 Å². The number of aryl methyl sites for hydroxylation is 2. The lowest BCUT2D eigenvalue weighted by molar-refractivity contribution is 0.100. The second-order valence-electron chi connectivity index (χ2n) is 3.07. The number of carbonyl (C=O) groups is 1. The monoisotopic (exact) mass is 197 g/mol. The van der Waals surface area contributed by atoms with Crippen LogP contribution in [0.25, 0.3) is 0 Å². The summed E-state index contributed by atoms with van der Waals surface area (Å²) in [6.07, 6.45) is 0. The van der Waals surface area contributed by atoms with E-state index < -0.39 is 0 Å². The highest BCUT2D eigenvalue weighted by Gasteiger charge is 2.10. The molecule has 0 aliphatic rings. The number of benzene rings is 1. The van der Waals surface area contributed by atoms with Crippen molar-refractivity contribution < 1.29 is 4.79 Å². The zero-order valence-electron chi connectivity index (χ0n) is 7.73. The Morgan fingerprint density at radius 3 is 2.62 bits per heavy atom. The number of nitrogens with two attached hydrogens (primary N) is 1. The number of Topliss-reactive ketones (excluding diaryl/α,β-unsaturated/α-hetero) is 1. The Balaban J connectivity index is 3.28. The van der Waals surface area contributed by atoms with Crippen LogP contribution in [0.2, 0.25) is 5.02 Å². The first kappa shape index (κ1) is 10.2. The van der Waals surface area contributed by atoms with Gasteiger partial charge in [-0.1, -0.05) is 23.2 Å². The van der Waals surface area contributed by atoms with Crippen molar-refractivity contribution in [2.45, 2.75) is 13.8 Å². The number of rotatable bonds is 2. The average Bonchev–Trinajstić information content (AvgIpc) is 2.10. The zero-order valence-corrected chi connectivity index (χ0v) is 8.48. The van der Waals surface area contributed by atoms with Crippen molar-refractivity contribution in [1.29, 1.82) is 0 Å². The van der Waals surface area contributed by atoms with E-state index in [4.69, 9.17) is 17.3 Å². The van der Waals surface area contributed by atoms with Crippen molar-refractivity contribution in [3.05, 3.63) is 33.8 Å². The molecular formula is C10H12ClNO. The van der Waals surface area contributed by atoms with Crippen molar-refractivity contribution in [2.75, 3.05) is 6.54 Å². The first-order valence-corrected chi connectivity index (χ1v) is 4.44. The van der Waals surface area contributed by atoms with Crippen LogP contribution >= 0.6 is 11.6 Å². The molecule has 0 heterocycles. The summed E-state index contributed by atoms with van der Waals surface area (Å²) in [4.78, 5) is 11.3. The van der Waals surface area contributed by atoms with E-state index in [1.165, 1.54) is 0 Å². The molecule has 0 bridgehead atoms. The Labute approximate surface area is 82.7 Å². The number of carbonyl (C=O) groups excluding carboxylic acids is 1. The minimum atomic E-state index is -0.114. The van der Waals surface area contributed by atoms with Gasteiger partial charge in [-0.2, -0.15) is 0 Å². The number of halogens is 1. The fourth-order valence-corrected chi connectivity index (χ4v) is 1.48. The maximum absolute atomic E-state index is 11.3. The third-order valence-corrected chi connectivity index (χ3v) is 2.39. The van der Waals surface area contributed by atoms with E-state index in [9.17, 15) is 4.79 Å². The highest BCUT2D eigenvalue weighted by molar-refractivity contribution is 6.34. The van der Waals surface area contributed by atoms with Crippen LogP contribution in [0.1, 0.15) is 21.5 Å². The van der Waals surface area contributed by atoms with Crippen LogP contribution in [0.4, 0.5) is 0 Å². The molecule has 0 saturated heterocycles. The fraction of sp³-hybridized carbons (Fsp3) is 0.300. The topological polar surface area (TPSA) is 43.1 Å². The predicted molar refractivity (Wildman–Crippen MR) is 54.3 cm³/mol. The molecule has 0 atom stereocenters. The van der Waals surface area contributed by atoms with Gasteiger partial charge in [0.05, 0.1) is 11.6 Å². The predicted octanol–water partition coefficient (Wildman–Crippen LogP) is 2.10. The number of hydrogen-bond acceptors (Lipinski definition) is 2. The molecule has 0 amide bonds. The van der Waals surface area contributed by atoms with Crippen LogP contribution in [0, 0.1) is 13.8 Å². The molecule has 3 heteroatoms. The normalized spacial score (nSPS) is 10.2. The van der Waals surface area contributed by atoms with Crippen LogP contribution in [-0.2, 0) is 0 Å². The summed E-state index contributed by atoms with van der Waals surface area (Å²) in [5.41, 5.74) is 7.74. The van der Waals surface area contributed by atoms with Gasteiger partial charge in [-0.15, -0.1) is 0 Å². The summed E-state index contributed by atoms with van der Waals surface area (Å²) in [5, 5.41) is 0.515. The van der Waals surface area contributed by atoms with Crippen LogP contribution in [0.3, 0.4) is 0 Å². The van der Waals surface area contributed by atoms with Gasteiger partial charge in [-0.05, 0) is 25.5 Å². The van der Waals surface area contributed by atoms with E-state index in [1.807, 2.05) is 19.9 Å². The summed E-state index contributed by atoms with van der Waals surface area (Å²) in [6.45, 7) is 3.81. The lowest BCUT2D eigenvalue weighted by atomic mass is 10.0. The molecule has 0 aliphatic heterocycles. The molecule has 1 rings (SSSR count). The van der Waals surface area contributed by atoms with Gasteiger partial charge in [0.15, 0.2) is 5.78 Å². The summed E-state index contributed by atoms with van der Waals surface area (Å²) in [5.74, 6) is -0.114. The SMILES string of the molecule is Cc1cc(C)c(Cl)c(C(=O)CN)c1. The van der Waals surface area contributed by atoms with Gasteiger partial charge in [0.1, 0.15) is 0 Å². The summed E-state index contributed by atoms with van der Waals surface area (Å²) in [6, 6.07) is 3.71. The molecule has 0 radical (unpaired) electrons. The molecule has 0 saturated carbocycles. The summed E-state index contributed by atoms with van der Waals surface area (Å²) < 4.78 is 0. The van der Waals surface area contributed by atoms with E-state index in [0.717, 1.165) is 11.1 Å². The van der Waals surface area contributed by atoms with E-state index >= 15 is 0 Å². The minimum Gasteiger partial charge on any atom is -0.324 e. The van der Waals surface area contributed by atoms with Crippen molar-refractivity contribution in [3.8, 4) is 0 Å². The largest absolute Gasteiger partial charge is 0.324 e. The van der Waals surface area contributed by atoms with Gasteiger partial charge < -0.3 is 5.73 Å². The second-order valence-corrected chi connectivity index (χ2v) is 3.45. The summed E-state index contributed by atoms with van der Waals surface area (Å²) >= 11 is 5.96. The van der Waals surface area contributed by atoms with Crippen molar-refractivity contribution >= 4 is 17.4 Å². The second kappa shape index (κ2) is 3.90. The third-order valence-electron chi connectivity index (χ3n) is 1.88. The van der Waals surface area contributed by atoms with E-state index in [1.54, 1.807) is 6.07 Å². The zero-order chi connectivity index (χ0) is 10.0. The Hall–Kier alpha value is -0.860. The molecule has 70 valence electrons. The van der Waals surface area contributed by atoms with E-state index in [2.05, 4.69) is 0 Å². The highest BCUT2D eigenvalue weighted by atomic mass is 35.5. The minimum absolute atomic E-state index is 0.00259. The molecule has 0 fully saturated rings. The highest BCUT2D eigenvalue weighted by Crippen LogP contribution is 2.22. The number of hydrogen-bond donors (Lipinski definition) is 1. The quantitative estimate of drug-likeness (QED) is 0.738. The van der Waals surface area contributed by atoms with Gasteiger partial charge in [-0.3, -0.25) is 4.79 Å². The maximum atomic E-state index is 11.3. The lowest BCUT2D eigenvalue weighted by Crippen LogP contribution is -2.14. The standard InChI is InChI=1S/C10H12ClNO/c1-6-3-7(2)10(11)8(4-6)9(13)5-12/h3-4H,5,12H2,1-2H3. The van der Waals surface area contributed by atoms with Gasteiger partial charge in [0.2, 0.25) is 0 Å². The molecule has 0 spiro atoms. The molecule has 1 aromatic carbocycles. The Morgan fingerprint density at radius 2 is 2.08 bits per heavy atom. The van der Waals surface area contributed by atoms with Gasteiger partial charge >= 0.3 is 0 Å². The molecular weight excluding hydrogens is 186 g/mol. The van der Waals surface area contributed by atoms with Crippen molar-refractivity contribution in [3.63, 3.8) is 0 Å². The lowest BCUT2D eigenvalue weighted by Gasteiger charge is -2.06. The van der Waals surface area contributed by atoms with Crippen molar-refractivity contribution in [2.24, 2.45) is 5.73 Å². The first-order chi connectivity index (χ1) is 6.06. The van der Waals surface area contributed by atoms with Crippen LogP contribution in [0.5, 0.6) is 0 Å². The van der Waals surface area contributed by atoms with E-state index in [0.29, 0.717) is 10.6 Å². The molecule has 13 heavy (non-hydrogen) atoms. The molecule has 2 N–H and O–H groups in total. The molecule has 0 aromatic heterocycles. The molecule has 2 nitrogen and oxygen atoms in total. The molecule has 1 aromatic rings. The Kier molecular flexibility index (Phi) is 3.07. The van der Waals surface area contributed by atoms with Crippen molar-refractivity contribution in [1.82, 2.24) is 0 Å². The van der Waals surface area contributed by atoms with Crippen LogP contribution in [0.15, 0.2) is 12.1 Å². The van der Waals surface area contributed by atoms with Crippen LogP contribution < -0.4 is 5.73 Å². The molecule has 0 unspecified atom stereocenters. The third kappa shape index (κ3) is 2.08. The van der Waals surface area contributed by atoms with Gasteiger partial charge in [0, 0.05) is 5.56 Å². The summed E-state index contributed by atoms with van der Waals surface area (Å²) in [7, 11) is 0. The first-order valence-electron chi connectivity index (χ1n) is 4.06. The Morgan fingerprint density at radius 1 is 1.46 bits per heavy atom. The average molecular weight is 198 g/mol. The van der Waals surface area contributed by atoms with Gasteiger partial charge in [0.25, 0.3) is 0 Å². The van der Waals surface area contributed by atoms with Gasteiger partial charge in [-0.25, -0.2) is 0 Å². The Bertz CT molecular complexity index is 347. The van der Waals surface area contributed by atoms with Crippen LogP contribution in [-0.4, -0.2) is 12.3 Å². The maximum Gasteiger partial charge on any atom is 0.177 e. The molecule has 0 aliphatic carbocycles. The number of ketones is 1. The fourth-order valence-electron chi connectivity index (χ4n) is 1.26. The smallest absolute Gasteiger partial charge is 0.177 e.